The summed E-state index contributed by atoms with van der Waals surface area (Å²) in [6.07, 6.45) is 1.17. The van der Waals surface area contributed by atoms with Crippen LogP contribution in [-0.4, -0.2) is 28.0 Å². The summed E-state index contributed by atoms with van der Waals surface area (Å²) in [4.78, 5) is 30.3. The van der Waals surface area contributed by atoms with Crippen molar-refractivity contribution in [3.63, 3.8) is 0 Å². The Kier molecular flexibility index (Phi) is 5.45. The minimum absolute atomic E-state index is 0.00628. The van der Waals surface area contributed by atoms with E-state index < -0.39 is 16.6 Å². The van der Waals surface area contributed by atoms with Crippen LogP contribution in [0.1, 0.15) is 15.9 Å². The van der Waals surface area contributed by atoms with Gasteiger partial charge in [0.2, 0.25) is 5.82 Å². The van der Waals surface area contributed by atoms with Crippen LogP contribution in [0.25, 0.3) is 0 Å². The van der Waals surface area contributed by atoms with Gasteiger partial charge < -0.3 is 14.8 Å². The predicted octanol–water partition coefficient (Wildman–Crippen LogP) is 4.02. The number of nitrogens with one attached hydrogen (secondary N) is 1. The SMILES string of the molecule is COC(=O)c1ccc(Oc2ncnc(Nc3cccc(C)c3)c2[N+](=O)[O-])cc1. The number of carbonyl (C=O) groups excluding carboxylic acids is 1. The van der Waals surface area contributed by atoms with Crippen molar-refractivity contribution in [1.82, 2.24) is 9.97 Å². The van der Waals surface area contributed by atoms with Gasteiger partial charge in [-0.05, 0) is 48.9 Å². The van der Waals surface area contributed by atoms with E-state index in [0.29, 0.717) is 11.3 Å². The summed E-state index contributed by atoms with van der Waals surface area (Å²) >= 11 is 0. The number of anilines is 2. The van der Waals surface area contributed by atoms with Crippen molar-refractivity contribution in [2.75, 3.05) is 12.4 Å². The van der Waals surface area contributed by atoms with E-state index >= 15 is 0 Å². The zero-order valence-electron chi connectivity index (χ0n) is 15.1. The lowest BCUT2D eigenvalue weighted by Crippen LogP contribution is -2.04. The van der Waals surface area contributed by atoms with Crippen LogP contribution in [0, 0.1) is 17.0 Å². The van der Waals surface area contributed by atoms with Crippen LogP contribution >= 0.6 is 0 Å². The molecule has 0 unspecified atom stereocenters. The van der Waals surface area contributed by atoms with Gasteiger partial charge in [-0.25, -0.2) is 9.78 Å². The predicted molar refractivity (Wildman–Crippen MR) is 101 cm³/mol. The van der Waals surface area contributed by atoms with Gasteiger partial charge in [-0.1, -0.05) is 12.1 Å². The molecule has 3 aromatic rings. The van der Waals surface area contributed by atoms with E-state index in [-0.39, 0.29) is 17.4 Å². The van der Waals surface area contributed by atoms with E-state index in [1.54, 1.807) is 6.07 Å². The first-order chi connectivity index (χ1) is 13.5. The van der Waals surface area contributed by atoms with Gasteiger partial charge in [0, 0.05) is 5.69 Å². The van der Waals surface area contributed by atoms with E-state index in [0.717, 1.165) is 5.56 Å². The molecule has 0 aliphatic heterocycles. The number of ether oxygens (including phenoxy) is 2. The van der Waals surface area contributed by atoms with Gasteiger partial charge in [-0.2, -0.15) is 4.98 Å². The number of carbonyl (C=O) groups is 1. The van der Waals surface area contributed by atoms with Crippen molar-refractivity contribution in [3.8, 4) is 11.6 Å². The average Bonchev–Trinajstić information content (AvgIpc) is 2.68. The Balaban J connectivity index is 1.91. The molecule has 0 aliphatic rings. The van der Waals surface area contributed by atoms with Crippen LogP contribution in [0.15, 0.2) is 54.9 Å². The van der Waals surface area contributed by atoms with Gasteiger partial charge in [-0.3, -0.25) is 10.1 Å². The summed E-state index contributed by atoms with van der Waals surface area (Å²) in [5, 5.41) is 14.5. The lowest BCUT2D eigenvalue weighted by molar-refractivity contribution is -0.385. The van der Waals surface area contributed by atoms with Crippen molar-refractivity contribution in [3.05, 3.63) is 76.1 Å². The van der Waals surface area contributed by atoms with Crippen molar-refractivity contribution in [2.24, 2.45) is 0 Å². The number of rotatable bonds is 6. The highest BCUT2D eigenvalue weighted by atomic mass is 16.6. The van der Waals surface area contributed by atoms with Crippen molar-refractivity contribution < 1.29 is 19.2 Å². The van der Waals surface area contributed by atoms with Crippen LogP contribution in [0.2, 0.25) is 0 Å². The Morgan fingerprint density at radius 3 is 2.54 bits per heavy atom. The third kappa shape index (κ3) is 4.21. The molecule has 0 fully saturated rings. The summed E-state index contributed by atoms with van der Waals surface area (Å²) in [5.41, 5.74) is 1.56. The molecule has 9 nitrogen and oxygen atoms in total. The second-order valence-corrected chi connectivity index (χ2v) is 5.75. The standard InChI is InChI=1S/C19H16N4O5/c1-12-4-3-5-14(10-12)22-17-16(23(25)26)18(21-11-20-17)28-15-8-6-13(7-9-15)19(24)27-2/h3-11H,1-2H3,(H,20,21,22). The largest absolute Gasteiger partial charge is 0.465 e. The van der Waals surface area contributed by atoms with E-state index in [4.69, 9.17) is 4.74 Å². The van der Waals surface area contributed by atoms with Crippen molar-refractivity contribution in [1.29, 1.82) is 0 Å². The number of nitro groups is 1. The quantitative estimate of drug-likeness (QED) is 0.387. The number of benzene rings is 2. The lowest BCUT2D eigenvalue weighted by atomic mass is 10.2. The molecule has 0 saturated heterocycles. The van der Waals surface area contributed by atoms with Gasteiger partial charge in [0.15, 0.2) is 0 Å². The fraction of sp³-hybridized carbons (Fsp3) is 0.105. The van der Waals surface area contributed by atoms with Crippen LogP contribution in [0.5, 0.6) is 11.6 Å². The maximum atomic E-state index is 11.6. The summed E-state index contributed by atoms with van der Waals surface area (Å²) in [7, 11) is 1.28. The van der Waals surface area contributed by atoms with E-state index in [2.05, 4.69) is 20.0 Å². The molecule has 3 rings (SSSR count). The first-order valence-electron chi connectivity index (χ1n) is 8.17. The van der Waals surface area contributed by atoms with Crippen molar-refractivity contribution in [2.45, 2.75) is 6.92 Å². The molecule has 2 aromatic carbocycles. The highest BCUT2D eigenvalue weighted by Gasteiger charge is 2.25. The zero-order chi connectivity index (χ0) is 20.1. The van der Waals surface area contributed by atoms with Crippen molar-refractivity contribution >= 4 is 23.2 Å². The number of hydrogen-bond donors (Lipinski definition) is 1. The molecule has 1 heterocycles. The maximum absolute atomic E-state index is 11.6. The highest BCUT2D eigenvalue weighted by molar-refractivity contribution is 5.89. The molecule has 0 aliphatic carbocycles. The Bertz CT molecular complexity index is 1020. The average molecular weight is 380 g/mol. The van der Waals surface area contributed by atoms with Gasteiger partial charge in [-0.15, -0.1) is 0 Å². The summed E-state index contributed by atoms with van der Waals surface area (Å²) in [6.45, 7) is 1.91. The fourth-order valence-corrected chi connectivity index (χ4v) is 2.44. The Morgan fingerprint density at radius 1 is 1.14 bits per heavy atom. The lowest BCUT2D eigenvalue weighted by Gasteiger charge is -2.10. The minimum atomic E-state index is -0.615. The smallest absolute Gasteiger partial charge is 0.373 e. The topological polar surface area (TPSA) is 116 Å². The summed E-state index contributed by atoms with van der Waals surface area (Å²) < 4.78 is 10.2. The summed E-state index contributed by atoms with van der Waals surface area (Å²) in [6, 6.07) is 13.3. The molecule has 0 saturated carbocycles. The third-order valence-corrected chi connectivity index (χ3v) is 3.74. The first kappa shape index (κ1) is 18.8. The third-order valence-electron chi connectivity index (χ3n) is 3.74. The van der Waals surface area contributed by atoms with Crippen LogP contribution in [0.3, 0.4) is 0 Å². The van der Waals surface area contributed by atoms with E-state index in [9.17, 15) is 14.9 Å². The molecule has 0 amide bonds. The second-order valence-electron chi connectivity index (χ2n) is 5.75. The second kappa shape index (κ2) is 8.12. The Morgan fingerprint density at radius 2 is 1.89 bits per heavy atom. The van der Waals surface area contributed by atoms with E-state index in [1.165, 1.54) is 37.7 Å². The zero-order valence-corrected chi connectivity index (χ0v) is 15.1. The number of methoxy groups -OCH3 is 1. The summed E-state index contributed by atoms with van der Waals surface area (Å²) in [5.74, 6) is -0.437. The molecule has 0 bridgehead atoms. The highest BCUT2D eigenvalue weighted by Crippen LogP contribution is 2.35. The van der Waals surface area contributed by atoms with Gasteiger partial charge >= 0.3 is 17.5 Å². The van der Waals surface area contributed by atoms with Gasteiger partial charge in [0.05, 0.1) is 17.6 Å². The molecule has 1 N–H and O–H groups in total. The molecular formula is C19H16N4O5. The number of nitrogens with zero attached hydrogens (tertiary/aromatic N) is 3. The molecule has 0 radical (unpaired) electrons. The van der Waals surface area contributed by atoms with Gasteiger partial charge in [0.25, 0.3) is 0 Å². The molecule has 142 valence electrons. The maximum Gasteiger partial charge on any atom is 0.373 e. The van der Waals surface area contributed by atoms with E-state index in [1.807, 2.05) is 25.1 Å². The molecule has 1 aromatic heterocycles. The molecule has 0 atom stereocenters. The minimum Gasteiger partial charge on any atom is -0.465 e. The van der Waals surface area contributed by atoms with Crippen LogP contribution in [-0.2, 0) is 4.74 Å². The fourth-order valence-electron chi connectivity index (χ4n) is 2.44. The van der Waals surface area contributed by atoms with Gasteiger partial charge in [0.1, 0.15) is 12.1 Å². The monoisotopic (exact) mass is 380 g/mol. The Labute approximate surface area is 160 Å². The number of hydrogen-bond acceptors (Lipinski definition) is 8. The molecule has 0 spiro atoms. The number of aryl methyl sites for hydroxylation is 1. The first-order valence-corrected chi connectivity index (χ1v) is 8.17. The van der Waals surface area contributed by atoms with Crippen LogP contribution in [0.4, 0.5) is 17.2 Å². The molecule has 28 heavy (non-hydrogen) atoms. The molecule has 9 heteroatoms. The normalized spacial score (nSPS) is 10.2. The number of aromatic nitrogens is 2. The number of esters is 1. The molecular weight excluding hydrogens is 364 g/mol. The van der Waals surface area contributed by atoms with Crippen LogP contribution < -0.4 is 10.1 Å². The Hall–Kier alpha value is -4.01.